The van der Waals surface area contributed by atoms with Crippen LogP contribution in [0, 0.1) is 11.8 Å². The average molecular weight is 154 g/mol. The zero-order valence-electron chi connectivity index (χ0n) is 7.03. The van der Waals surface area contributed by atoms with Crippen LogP contribution in [-0.4, -0.2) is 26.0 Å². The van der Waals surface area contributed by atoms with Crippen LogP contribution in [0.5, 0.6) is 0 Å². The number of carbonyl (C=O) groups excluding carboxylic acids is 1. The molecule has 0 unspecified atom stereocenters. The van der Waals surface area contributed by atoms with Crippen molar-refractivity contribution in [1.29, 1.82) is 0 Å². The summed E-state index contributed by atoms with van der Waals surface area (Å²) in [5.74, 6) is 5.50. The highest BCUT2D eigenvalue weighted by molar-refractivity contribution is 5.76. The van der Waals surface area contributed by atoms with Crippen molar-refractivity contribution in [3.05, 3.63) is 0 Å². The van der Waals surface area contributed by atoms with E-state index in [4.69, 9.17) is 0 Å². The maximum atomic E-state index is 10.9. The molecule has 0 aliphatic carbocycles. The van der Waals surface area contributed by atoms with E-state index in [1.54, 1.807) is 6.92 Å². The largest absolute Gasteiger partial charge is 0.345 e. The highest BCUT2D eigenvalue weighted by Gasteiger charge is 1.95. The van der Waals surface area contributed by atoms with E-state index in [2.05, 4.69) is 22.5 Å². The van der Waals surface area contributed by atoms with Gasteiger partial charge in [0.2, 0.25) is 5.91 Å². The van der Waals surface area contributed by atoms with E-state index < -0.39 is 0 Å². The lowest BCUT2D eigenvalue weighted by Crippen LogP contribution is -2.26. The summed E-state index contributed by atoms with van der Waals surface area (Å²) in [5, 5.41) is 5.56. The van der Waals surface area contributed by atoms with Crippen LogP contribution in [0.15, 0.2) is 0 Å². The van der Waals surface area contributed by atoms with Crippen molar-refractivity contribution in [3.63, 3.8) is 0 Å². The van der Waals surface area contributed by atoms with Gasteiger partial charge in [-0.1, -0.05) is 5.92 Å². The van der Waals surface area contributed by atoms with Gasteiger partial charge in [0.05, 0.1) is 6.54 Å². The Kier molecular flexibility index (Phi) is 6.45. The lowest BCUT2D eigenvalue weighted by atomic mass is 10.4. The van der Waals surface area contributed by atoms with Crippen molar-refractivity contribution in [2.45, 2.75) is 13.3 Å². The summed E-state index contributed by atoms with van der Waals surface area (Å²) in [6, 6.07) is 0. The molecule has 3 heteroatoms. The molecule has 1 amide bonds. The molecule has 0 rings (SSSR count). The Morgan fingerprint density at radius 3 is 2.82 bits per heavy atom. The molecule has 0 radical (unpaired) electrons. The maximum absolute atomic E-state index is 10.9. The van der Waals surface area contributed by atoms with E-state index in [1.807, 2.05) is 7.05 Å². The molecule has 0 aliphatic rings. The topological polar surface area (TPSA) is 41.1 Å². The van der Waals surface area contributed by atoms with Gasteiger partial charge in [-0.25, -0.2) is 0 Å². The summed E-state index contributed by atoms with van der Waals surface area (Å²) < 4.78 is 0. The number of rotatable bonds is 4. The monoisotopic (exact) mass is 154 g/mol. The lowest BCUT2D eigenvalue weighted by molar-refractivity contribution is -0.120. The molecule has 3 nitrogen and oxygen atoms in total. The first-order valence-corrected chi connectivity index (χ1v) is 3.62. The molecule has 2 N–H and O–H groups in total. The zero-order chi connectivity index (χ0) is 8.53. The van der Waals surface area contributed by atoms with Gasteiger partial charge in [0.25, 0.3) is 0 Å². The molecular formula is C8H14N2O. The van der Waals surface area contributed by atoms with Gasteiger partial charge in [0.15, 0.2) is 0 Å². The highest BCUT2D eigenvalue weighted by atomic mass is 16.1. The first-order valence-electron chi connectivity index (χ1n) is 3.62. The quantitative estimate of drug-likeness (QED) is 0.547. The molecule has 0 heterocycles. The van der Waals surface area contributed by atoms with Crippen LogP contribution in [0.1, 0.15) is 13.3 Å². The number of carbonyl (C=O) groups is 1. The second kappa shape index (κ2) is 7.10. The fourth-order valence-corrected chi connectivity index (χ4v) is 0.558. The molecular weight excluding hydrogens is 140 g/mol. The smallest absolute Gasteiger partial charge is 0.222 e. The van der Waals surface area contributed by atoms with Gasteiger partial charge in [0.1, 0.15) is 0 Å². The van der Waals surface area contributed by atoms with E-state index in [0.717, 1.165) is 0 Å². The van der Waals surface area contributed by atoms with Gasteiger partial charge in [-0.15, -0.1) is 5.92 Å². The SMILES string of the molecule is CC#CCNC(=O)CCNC. The average Bonchev–Trinajstić information content (AvgIpc) is 2.01. The van der Waals surface area contributed by atoms with Crippen molar-refractivity contribution < 1.29 is 4.79 Å². The van der Waals surface area contributed by atoms with Crippen LogP contribution in [0.3, 0.4) is 0 Å². The second-order valence-electron chi connectivity index (χ2n) is 2.06. The van der Waals surface area contributed by atoms with Gasteiger partial charge in [-0.2, -0.15) is 0 Å². The third kappa shape index (κ3) is 6.88. The lowest BCUT2D eigenvalue weighted by Gasteiger charge is -1.99. The fourth-order valence-electron chi connectivity index (χ4n) is 0.558. The van der Waals surface area contributed by atoms with Crippen molar-refractivity contribution in [2.24, 2.45) is 0 Å². The Bertz CT molecular complexity index is 167. The van der Waals surface area contributed by atoms with Gasteiger partial charge in [-0.3, -0.25) is 4.79 Å². The minimum Gasteiger partial charge on any atom is -0.345 e. The second-order valence-corrected chi connectivity index (χ2v) is 2.06. The highest BCUT2D eigenvalue weighted by Crippen LogP contribution is 1.74. The van der Waals surface area contributed by atoms with Crippen molar-refractivity contribution in [1.82, 2.24) is 10.6 Å². The standard InChI is InChI=1S/C8H14N2O/c1-3-4-6-10-8(11)5-7-9-2/h9H,5-7H2,1-2H3,(H,10,11). The molecule has 0 bridgehead atoms. The molecule has 0 spiro atoms. The van der Waals surface area contributed by atoms with Gasteiger partial charge < -0.3 is 10.6 Å². The molecule has 0 fully saturated rings. The molecule has 0 saturated carbocycles. The van der Waals surface area contributed by atoms with Gasteiger partial charge in [0, 0.05) is 13.0 Å². The molecule has 0 saturated heterocycles. The summed E-state index contributed by atoms with van der Waals surface area (Å²) in [5.41, 5.74) is 0. The maximum Gasteiger partial charge on any atom is 0.222 e. The van der Waals surface area contributed by atoms with Gasteiger partial charge in [-0.05, 0) is 14.0 Å². The Hall–Kier alpha value is -1.01. The Morgan fingerprint density at radius 1 is 1.55 bits per heavy atom. The van der Waals surface area contributed by atoms with Crippen molar-refractivity contribution in [3.8, 4) is 11.8 Å². The minimum absolute atomic E-state index is 0.0436. The normalized spacial score (nSPS) is 8.18. The van der Waals surface area contributed by atoms with Gasteiger partial charge >= 0.3 is 0 Å². The predicted octanol–water partition coefficient (Wildman–Crippen LogP) is -0.265. The number of amides is 1. The fraction of sp³-hybridized carbons (Fsp3) is 0.625. The Morgan fingerprint density at radius 2 is 2.27 bits per heavy atom. The molecule has 0 aliphatic heterocycles. The van der Waals surface area contributed by atoms with Crippen LogP contribution < -0.4 is 10.6 Å². The van der Waals surface area contributed by atoms with E-state index in [1.165, 1.54) is 0 Å². The molecule has 11 heavy (non-hydrogen) atoms. The summed E-state index contributed by atoms with van der Waals surface area (Å²) in [6.07, 6.45) is 0.516. The predicted molar refractivity (Wildman–Crippen MR) is 45.0 cm³/mol. The third-order valence-corrected chi connectivity index (χ3v) is 1.15. The van der Waals surface area contributed by atoms with E-state index in [9.17, 15) is 4.79 Å². The van der Waals surface area contributed by atoms with Crippen LogP contribution in [0.4, 0.5) is 0 Å². The Balaban J connectivity index is 3.27. The first-order chi connectivity index (χ1) is 5.31. The first kappa shape index (κ1) is 9.99. The number of hydrogen-bond acceptors (Lipinski definition) is 2. The zero-order valence-corrected chi connectivity index (χ0v) is 7.03. The van der Waals surface area contributed by atoms with Crippen LogP contribution >= 0.6 is 0 Å². The number of nitrogens with one attached hydrogen (secondary N) is 2. The van der Waals surface area contributed by atoms with E-state index in [0.29, 0.717) is 19.5 Å². The summed E-state index contributed by atoms with van der Waals surface area (Å²) in [4.78, 5) is 10.9. The summed E-state index contributed by atoms with van der Waals surface area (Å²) in [7, 11) is 1.82. The molecule has 0 aromatic heterocycles. The molecule has 0 atom stereocenters. The van der Waals surface area contributed by atoms with Crippen molar-refractivity contribution >= 4 is 5.91 Å². The number of hydrogen-bond donors (Lipinski definition) is 2. The van der Waals surface area contributed by atoms with Crippen LogP contribution in [0.25, 0.3) is 0 Å². The van der Waals surface area contributed by atoms with Crippen LogP contribution in [-0.2, 0) is 4.79 Å². The Labute approximate surface area is 67.6 Å². The van der Waals surface area contributed by atoms with Crippen molar-refractivity contribution in [2.75, 3.05) is 20.1 Å². The summed E-state index contributed by atoms with van der Waals surface area (Å²) >= 11 is 0. The van der Waals surface area contributed by atoms with E-state index >= 15 is 0 Å². The minimum atomic E-state index is 0.0436. The third-order valence-electron chi connectivity index (χ3n) is 1.15. The van der Waals surface area contributed by atoms with Crippen LogP contribution in [0.2, 0.25) is 0 Å². The summed E-state index contributed by atoms with van der Waals surface area (Å²) in [6.45, 7) is 2.92. The van der Waals surface area contributed by atoms with E-state index in [-0.39, 0.29) is 5.91 Å². The molecule has 0 aromatic rings. The molecule has 0 aromatic carbocycles. The molecule has 62 valence electrons.